The monoisotopic (exact) mass is 240 g/mol. The lowest BCUT2D eigenvalue weighted by molar-refractivity contribution is 0.0698. The molecule has 3 aromatic heterocycles. The number of rotatable bonds is 2. The molecule has 0 aliphatic heterocycles. The summed E-state index contributed by atoms with van der Waals surface area (Å²) < 4.78 is 1.51. The van der Waals surface area contributed by atoms with Crippen molar-refractivity contribution in [1.82, 2.24) is 19.6 Å². The van der Waals surface area contributed by atoms with Crippen molar-refractivity contribution < 1.29 is 9.90 Å². The lowest BCUT2D eigenvalue weighted by Gasteiger charge is -2.05. The molecule has 18 heavy (non-hydrogen) atoms. The highest BCUT2D eigenvalue weighted by atomic mass is 16.4. The molecule has 0 fully saturated rings. The molecule has 0 aliphatic carbocycles. The minimum atomic E-state index is -1.02. The van der Waals surface area contributed by atoms with Gasteiger partial charge in [0.15, 0.2) is 5.65 Å². The summed E-state index contributed by atoms with van der Waals surface area (Å²) in [4.78, 5) is 19.0. The standard InChI is InChI=1S/C12H8N4O2/c17-12(18)9-1-2-10(8-3-5-13-6-4-8)16-11(9)14-7-15-16/h1-7H,(H,17,18). The summed E-state index contributed by atoms with van der Waals surface area (Å²) in [6, 6.07) is 6.90. The van der Waals surface area contributed by atoms with Crippen LogP contribution in [0, 0.1) is 0 Å². The molecule has 6 heteroatoms. The number of aromatic carboxylic acids is 1. The third-order valence-corrected chi connectivity index (χ3v) is 2.63. The van der Waals surface area contributed by atoms with Crippen molar-refractivity contribution in [3.8, 4) is 11.3 Å². The van der Waals surface area contributed by atoms with Crippen LogP contribution in [0.2, 0.25) is 0 Å². The van der Waals surface area contributed by atoms with Crippen LogP contribution in [-0.4, -0.2) is 30.7 Å². The maximum Gasteiger partial charge on any atom is 0.339 e. The summed E-state index contributed by atoms with van der Waals surface area (Å²) >= 11 is 0. The quantitative estimate of drug-likeness (QED) is 0.734. The van der Waals surface area contributed by atoms with Crippen LogP contribution in [0.4, 0.5) is 0 Å². The fourth-order valence-electron chi connectivity index (χ4n) is 1.82. The van der Waals surface area contributed by atoms with E-state index in [1.807, 2.05) is 12.1 Å². The fraction of sp³-hybridized carbons (Fsp3) is 0. The lowest BCUT2D eigenvalue weighted by Crippen LogP contribution is -2.03. The fourth-order valence-corrected chi connectivity index (χ4v) is 1.82. The average Bonchev–Trinajstić information content (AvgIpc) is 2.87. The van der Waals surface area contributed by atoms with Gasteiger partial charge in [0.1, 0.15) is 11.9 Å². The van der Waals surface area contributed by atoms with Gasteiger partial charge in [-0.25, -0.2) is 14.3 Å². The van der Waals surface area contributed by atoms with E-state index in [1.165, 1.54) is 16.9 Å². The first-order valence-electron chi connectivity index (χ1n) is 5.24. The van der Waals surface area contributed by atoms with Gasteiger partial charge in [0.25, 0.3) is 0 Å². The molecule has 0 spiro atoms. The van der Waals surface area contributed by atoms with E-state index < -0.39 is 5.97 Å². The van der Waals surface area contributed by atoms with Crippen molar-refractivity contribution in [3.63, 3.8) is 0 Å². The zero-order chi connectivity index (χ0) is 12.5. The first kappa shape index (κ1) is 10.4. The molecule has 0 saturated heterocycles. The molecule has 0 radical (unpaired) electrons. The van der Waals surface area contributed by atoms with Crippen molar-refractivity contribution in [3.05, 3.63) is 48.5 Å². The molecule has 6 nitrogen and oxygen atoms in total. The Bertz CT molecular complexity index is 721. The van der Waals surface area contributed by atoms with Crippen molar-refractivity contribution in [2.24, 2.45) is 0 Å². The minimum Gasteiger partial charge on any atom is -0.478 e. The Labute approximate surface area is 102 Å². The van der Waals surface area contributed by atoms with Crippen LogP contribution in [0.25, 0.3) is 16.9 Å². The van der Waals surface area contributed by atoms with Crippen LogP contribution >= 0.6 is 0 Å². The predicted octanol–water partition coefficient (Wildman–Crippen LogP) is 1.49. The highest BCUT2D eigenvalue weighted by Crippen LogP contribution is 2.20. The van der Waals surface area contributed by atoms with Crippen molar-refractivity contribution in [2.75, 3.05) is 0 Å². The maximum atomic E-state index is 11.1. The van der Waals surface area contributed by atoms with Gasteiger partial charge in [0.05, 0.1) is 5.69 Å². The van der Waals surface area contributed by atoms with Gasteiger partial charge in [-0.15, -0.1) is 0 Å². The molecule has 0 saturated carbocycles. The molecule has 88 valence electrons. The molecule has 0 amide bonds. The number of pyridine rings is 2. The molecular formula is C12H8N4O2. The van der Waals surface area contributed by atoms with Crippen LogP contribution in [0.15, 0.2) is 43.0 Å². The second-order valence-electron chi connectivity index (χ2n) is 3.67. The first-order valence-corrected chi connectivity index (χ1v) is 5.24. The van der Waals surface area contributed by atoms with Gasteiger partial charge in [0, 0.05) is 18.0 Å². The van der Waals surface area contributed by atoms with Crippen molar-refractivity contribution in [2.45, 2.75) is 0 Å². The Hall–Kier alpha value is -2.76. The summed E-state index contributed by atoms with van der Waals surface area (Å²) in [5.41, 5.74) is 2.13. The number of nitrogens with zero attached hydrogens (tertiary/aromatic N) is 4. The van der Waals surface area contributed by atoms with Crippen molar-refractivity contribution in [1.29, 1.82) is 0 Å². The van der Waals surface area contributed by atoms with Crippen LogP contribution in [0.3, 0.4) is 0 Å². The number of carbonyl (C=O) groups is 1. The van der Waals surface area contributed by atoms with Gasteiger partial charge in [-0.3, -0.25) is 4.98 Å². The Morgan fingerprint density at radius 3 is 2.67 bits per heavy atom. The highest BCUT2D eigenvalue weighted by Gasteiger charge is 2.14. The summed E-state index contributed by atoms with van der Waals surface area (Å²) in [6.07, 6.45) is 4.68. The minimum absolute atomic E-state index is 0.130. The normalized spacial score (nSPS) is 10.7. The van der Waals surface area contributed by atoms with Gasteiger partial charge >= 0.3 is 5.97 Å². The van der Waals surface area contributed by atoms with Crippen molar-refractivity contribution >= 4 is 11.6 Å². The van der Waals surface area contributed by atoms with Crippen LogP contribution in [0.1, 0.15) is 10.4 Å². The Kier molecular flexibility index (Phi) is 2.26. The zero-order valence-electron chi connectivity index (χ0n) is 9.19. The molecule has 0 bridgehead atoms. The van der Waals surface area contributed by atoms with E-state index in [1.54, 1.807) is 18.5 Å². The Morgan fingerprint density at radius 2 is 1.94 bits per heavy atom. The van der Waals surface area contributed by atoms with E-state index in [2.05, 4.69) is 15.1 Å². The van der Waals surface area contributed by atoms with E-state index in [9.17, 15) is 4.79 Å². The number of aromatic nitrogens is 4. The van der Waals surface area contributed by atoms with Gasteiger partial charge in [-0.2, -0.15) is 5.10 Å². The number of hydrogen-bond acceptors (Lipinski definition) is 4. The predicted molar refractivity (Wildman–Crippen MR) is 63.2 cm³/mol. The third-order valence-electron chi connectivity index (χ3n) is 2.63. The Morgan fingerprint density at radius 1 is 1.17 bits per heavy atom. The first-order chi connectivity index (χ1) is 8.77. The number of carboxylic acids is 1. The van der Waals surface area contributed by atoms with E-state index >= 15 is 0 Å². The van der Waals surface area contributed by atoms with E-state index in [-0.39, 0.29) is 5.56 Å². The lowest BCUT2D eigenvalue weighted by atomic mass is 10.1. The number of fused-ring (bicyclic) bond motifs is 1. The van der Waals surface area contributed by atoms with Gasteiger partial charge in [-0.05, 0) is 24.3 Å². The molecule has 3 aromatic rings. The van der Waals surface area contributed by atoms with Crippen LogP contribution < -0.4 is 0 Å². The van der Waals surface area contributed by atoms with E-state index in [0.717, 1.165) is 11.3 Å². The maximum absolute atomic E-state index is 11.1. The van der Waals surface area contributed by atoms with E-state index in [0.29, 0.717) is 5.65 Å². The molecule has 0 aromatic carbocycles. The molecule has 1 N–H and O–H groups in total. The molecule has 3 rings (SSSR count). The Balaban J connectivity index is 2.30. The molecule has 0 atom stereocenters. The molecule has 0 aliphatic rings. The zero-order valence-corrected chi connectivity index (χ0v) is 9.19. The van der Waals surface area contributed by atoms with Crippen LogP contribution in [-0.2, 0) is 0 Å². The molecule has 0 unspecified atom stereocenters. The topological polar surface area (TPSA) is 80.4 Å². The number of carboxylic acid groups (broad SMARTS) is 1. The largest absolute Gasteiger partial charge is 0.478 e. The summed E-state index contributed by atoms with van der Waals surface area (Å²) in [5, 5.41) is 13.1. The second-order valence-corrected chi connectivity index (χ2v) is 3.67. The molecule has 3 heterocycles. The van der Waals surface area contributed by atoms with E-state index in [4.69, 9.17) is 5.11 Å². The van der Waals surface area contributed by atoms with Gasteiger partial charge in [-0.1, -0.05) is 0 Å². The molecular weight excluding hydrogens is 232 g/mol. The second kappa shape index (κ2) is 3.92. The summed E-state index contributed by atoms with van der Waals surface area (Å²) in [7, 11) is 0. The average molecular weight is 240 g/mol. The smallest absolute Gasteiger partial charge is 0.339 e. The highest BCUT2D eigenvalue weighted by molar-refractivity contribution is 5.94. The number of hydrogen-bond donors (Lipinski definition) is 1. The third kappa shape index (κ3) is 1.51. The van der Waals surface area contributed by atoms with Crippen LogP contribution in [0.5, 0.6) is 0 Å². The summed E-state index contributed by atoms with van der Waals surface area (Å²) in [5.74, 6) is -1.02. The SMILES string of the molecule is O=C(O)c1ccc(-c2ccncc2)n2ncnc12. The van der Waals surface area contributed by atoms with Gasteiger partial charge in [0.2, 0.25) is 0 Å². The summed E-state index contributed by atoms with van der Waals surface area (Å²) in [6.45, 7) is 0. The van der Waals surface area contributed by atoms with Gasteiger partial charge < -0.3 is 5.11 Å².